The molecule has 116 valence electrons. The molecule has 2 aromatic carbocycles. The molecule has 0 amide bonds. The van der Waals surface area contributed by atoms with Gasteiger partial charge in [0.2, 0.25) is 0 Å². The van der Waals surface area contributed by atoms with Gasteiger partial charge in [0.15, 0.2) is 0 Å². The van der Waals surface area contributed by atoms with Crippen molar-refractivity contribution in [1.29, 1.82) is 0 Å². The maximum absolute atomic E-state index is 6.24. The number of rotatable bonds is 6. The van der Waals surface area contributed by atoms with Crippen LogP contribution in [0.2, 0.25) is 5.15 Å². The molecule has 0 saturated heterocycles. The van der Waals surface area contributed by atoms with Gasteiger partial charge < -0.3 is 5.32 Å². The molecule has 1 heterocycles. The van der Waals surface area contributed by atoms with Crippen LogP contribution < -0.4 is 5.32 Å². The van der Waals surface area contributed by atoms with Crippen LogP contribution >= 0.6 is 11.6 Å². The quantitative estimate of drug-likeness (QED) is 0.524. The van der Waals surface area contributed by atoms with Gasteiger partial charge in [0.25, 0.3) is 0 Å². The summed E-state index contributed by atoms with van der Waals surface area (Å²) in [5.74, 6) is 0. The third kappa shape index (κ3) is 4.41. The molecule has 0 saturated carbocycles. The molecule has 0 fully saturated rings. The molecule has 1 N–H and O–H groups in total. The summed E-state index contributed by atoms with van der Waals surface area (Å²) in [7, 11) is 0. The highest BCUT2D eigenvalue weighted by Gasteiger charge is 2.05. The topological polar surface area (TPSA) is 24.9 Å². The first-order valence-electron chi connectivity index (χ1n) is 7.77. The zero-order valence-electron chi connectivity index (χ0n) is 12.9. The fourth-order valence-corrected chi connectivity index (χ4v) is 2.71. The van der Waals surface area contributed by atoms with Gasteiger partial charge in [-0.15, -0.1) is 0 Å². The molecule has 3 heteroatoms. The molecule has 2 nitrogen and oxygen atoms in total. The minimum absolute atomic E-state index is 0.589. The highest BCUT2D eigenvalue weighted by Crippen LogP contribution is 2.23. The summed E-state index contributed by atoms with van der Waals surface area (Å²) < 4.78 is 0. The third-order valence-electron chi connectivity index (χ3n) is 3.76. The second-order valence-electron chi connectivity index (χ2n) is 5.45. The summed E-state index contributed by atoms with van der Waals surface area (Å²) >= 11 is 6.24. The molecular formula is C20H19ClN2. The molecule has 0 atom stereocenters. The van der Waals surface area contributed by atoms with E-state index in [1.807, 2.05) is 30.5 Å². The Labute approximate surface area is 142 Å². The Bertz CT molecular complexity index is 742. The van der Waals surface area contributed by atoms with Crippen molar-refractivity contribution in [3.05, 3.63) is 89.2 Å². The number of aromatic nitrogens is 1. The molecule has 0 spiro atoms. The SMILES string of the molecule is Clc1ncc(-c2ccccc2)cc1CCNCc1ccccc1. The fourth-order valence-electron chi connectivity index (χ4n) is 2.51. The smallest absolute Gasteiger partial charge is 0.132 e. The summed E-state index contributed by atoms with van der Waals surface area (Å²) in [5, 5.41) is 4.04. The number of pyridine rings is 1. The van der Waals surface area contributed by atoms with Crippen molar-refractivity contribution in [2.24, 2.45) is 0 Å². The standard InChI is InChI=1S/C20H19ClN2/c21-20-18(11-12-22-14-16-7-3-1-4-8-16)13-19(15-23-20)17-9-5-2-6-10-17/h1-10,13,15,22H,11-12,14H2. The van der Waals surface area contributed by atoms with Crippen LogP contribution in [0, 0.1) is 0 Å². The van der Waals surface area contributed by atoms with Gasteiger partial charge in [0.1, 0.15) is 5.15 Å². The molecular weight excluding hydrogens is 304 g/mol. The molecule has 3 rings (SSSR count). The number of halogens is 1. The molecule has 3 aromatic rings. The van der Waals surface area contributed by atoms with Gasteiger partial charge in [-0.3, -0.25) is 0 Å². The van der Waals surface area contributed by atoms with E-state index in [-0.39, 0.29) is 0 Å². The lowest BCUT2D eigenvalue weighted by Crippen LogP contribution is -2.16. The van der Waals surface area contributed by atoms with E-state index >= 15 is 0 Å². The van der Waals surface area contributed by atoms with Gasteiger partial charge in [-0.2, -0.15) is 0 Å². The minimum atomic E-state index is 0.589. The maximum Gasteiger partial charge on any atom is 0.132 e. The Morgan fingerprint density at radius 2 is 1.57 bits per heavy atom. The van der Waals surface area contributed by atoms with Crippen molar-refractivity contribution in [3.63, 3.8) is 0 Å². The van der Waals surface area contributed by atoms with Crippen molar-refractivity contribution >= 4 is 11.6 Å². The molecule has 0 radical (unpaired) electrons. The Kier molecular flexibility index (Phi) is 5.41. The number of hydrogen-bond donors (Lipinski definition) is 1. The van der Waals surface area contributed by atoms with Crippen LogP contribution in [0.4, 0.5) is 0 Å². The van der Waals surface area contributed by atoms with Gasteiger partial charge >= 0.3 is 0 Å². The van der Waals surface area contributed by atoms with E-state index in [1.165, 1.54) is 5.56 Å². The van der Waals surface area contributed by atoms with Gasteiger partial charge in [-0.1, -0.05) is 72.3 Å². The van der Waals surface area contributed by atoms with Crippen molar-refractivity contribution in [2.75, 3.05) is 6.54 Å². The van der Waals surface area contributed by atoms with E-state index in [2.05, 4.69) is 52.8 Å². The normalized spacial score (nSPS) is 10.7. The van der Waals surface area contributed by atoms with Crippen molar-refractivity contribution in [1.82, 2.24) is 10.3 Å². The minimum Gasteiger partial charge on any atom is -0.312 e. The summed E-state index contributed by atoms with van der Waals surface area (Å²) in [6, 6.07) is 22.8. The number of hydrogen-bond acceptors (Lipinski definition) is 2. The van der Waals surface area contributed by atoms with Gasteiger partial charge in [-0.25, -0.2) is 4.98 Å². The Balaban J connectivity index is 1.61. The highest BCUT2D eigenvalue weighted by molar-refractivity contribution is 6.30. The average molecular weight is 323 g/mol. The van der Waals surface area contributed by atoms with Crippen molar-refractivity contribution in [3.8, 4) is 11.1 Å². The largest absolute Gasteiger partial charge is 0.312 e. The van der Waals surface area contributed by atoms with E-state index in [0.29, 0.717) is 5.15 Å². The zero-order valence-corrected chi connectivity index (χ0v) is 13.6. The van der Waals surface area contributed by atoms with Crippen LogP contribution in [-0.2, 0) is 13.0 Å². The van der Waals surface area contributed by atoms with Crippen LogP contribution in [0.3, 0.4) is 0 Å². The molecule has 0 unspecified atom stereocenters. The number of benzene rings is 2. The molecule has 1 aromatic heterocycles. The van der Waals surface area contributed by atoms with E-state index < -0.39 is 0 Å². The van der Waals surface area contributed by atoms with Crippen LogP contribution in [-0.4, -0.2) is 11.5 Å². The summed E-state index contributed by atoms with van der Waals surface area (Å²) in [6.45, 7) is 1.73. The molecule has 0 aliphatic heterocycles. The lowest BCUT2D eigenvalue weighted by atomic mass is 10.0. The molecule has 23 heavy (non-hydrogen) atoms. The summed E-state index contributed by atoms with van der Waals surface area (Å²) in [4.78, 5) is 4.33. The fraction of sp³-hybridized carbons (Fsp3) is 0.150. The second-order valence-corrected chi connectivity index (χ2v) is 5.81. The Morgan fingerprint density at radius 1 is 0.870 bits per heavy atom. The lowest BCUT2D eigenvalue weighted by Gasteiger charge is -2.08. The number of nitrogens with zero attached hydrogens (tertiary/aromatic N) is 1. The van der Waals surface area contributed by atoms with Crippen LogP contribution in [0.15, 0.2) is 72.9 Å². The predicted molar refractivity (Wildman–Crippen MR) is 96.5 cm³/mol. The predicted octanol–water partition coefficient (Wildman–Crippen LogP) is 4.73. The van der Waals surface area contributed by atoms with Gasteiger partial charge in [0, 0.05) is 18.3 Å². The second kappa shape index (κ2) is 7.91. The average Bonchev–Trinajstić information content (AvgIpc) is 2.62. The highest BCUT2D eigenvalue weighted by atomic mass is 35.5. The molecule has 0 aliphatic rings. The monoisotopic (exact) mass is 322 g/mol. The number of nitrogens with one attached hydrogen (secondary N) is 1. The Morgan fingerprint density at radius 3 is 2.30 bits per heavy atom. The first kappa shape index (κ1) is 15.7. The van der Waals surface area contributed by atoms with E-state index in [9.17, 15) is 0 Å². The third-order valence-corrected chi connectivity index (χ3v) is 4.10. The van der Waals surface area contributed by atoms with Crippen LogP contribution in [0.5, 0.6) is 0 Å². The van der Waals surface area contributed by atoms with Gasteiger partial charge in [-0.05, 0) is 35.7 Å². The molecule has 0 bridgehead atoms. The Hall–Kier alpha value is -2.16. The van der Waals surface area contributed by atoms with Crippen LogP contribution in [0.1, 0.15) is 11.1 Å². The lowest BCUT2D eigenvalue weighted by molar-refractivity contribution is 0.686. The maximum atomic E-state index is 6.24. The van der Waals surface area contributed by atoms with E-state index in [0.717, 1.165) is 36.2 Å². The van der Waals surface area contributed by atoms with Gasteiger partial charge in [0.05, 0.1) is 0 Å². The first-order valence-corrected chi connectivity index (χ1v) is 8.15. The van der Waals surface area contributed by atoms with E-state index in [4.69, 9.17) is 11.6 Å². The summed E-state index contributed by atoms with van der Waals surface area (Å²) in [6.07, 6.45) is 2.69. The van der Waals surface area contributed by atoms with Crippen LogP contribution in [0.25, 0.3) is 11.1 Å². The summed E-state index contributed by atoms with van der Waals surface area (Å²) in [5.41, 5.74) is 4.63. The van der Waals surface area contributed by atoms with E-state index in [1.54, 1.807) is 0 Å². The molecule has 0 aliphatic carbocycles. The van der Waals surface area contributed by atoms with Crippen molar-refractivity contribution in [2.45, 2.75) is 13.0 Å². The first-order chi connectivity index (χ1) is 11.3. The van der Waals surface area contributed by atoms with Crippen molar-refractivity contribution < 1.29 is 0 Å². The zero-order chi connectivity index (χ0) is 15.9.